The number of nitrogens with one attached hydrogen (secondary N) is 1. The van der Waals surface area contributed by atoms with Gasteiger partial charge in [-0.25, -0.2) is 9.18 Å². The van der Waals surface area contributed by atoms with E-state index in [2.05, 4.69) is 5.32 Å². The van der Waals surface area contributed by atoms with Crippen LogP contribution >= 0.6 is 0 Å². The van der Waals surface area contributed by atoms with Crippen molar-refractivity contribution in [3.8, 4) is 0 Å². The minimum atomic E-state index is -0.212. The fraction of sp³-hybridized carbons (Fsp3) is 0.611. The number of rotatable bonds is 6. The maximum atomic E-state index is 13.7. The number of amides is 2. The first-order chi connectivity index (χ1) is 11.1. The normalized spacial score (nSPS) is 15.3. The summed E-state index contributed by atoms with van der Waals surface area (Å²) in [7, 11) is 3.76. The topological polar surface area (TPSA) is 35.6 Å². The van der Waals surface area contributed by atoms with Crippen molar-refractivity contribution >= 4 is 11.7 Å². The van der Waals surface area contributed by atoms with E-state index < -0.39 is 0 Å². The molecule has 2 rings (SSSR count). The number of para-hydroxylation sites is 1. The molecule has 0 bridgehead atoms. The van der Waals surface area contributed by atoms with Gasteiger partial charge in [0.1, 0.15) is 5.82 Å². The van der Waals surface area contributed by atoms with Crippen molar-refractivity contribution in [1.29, 1.82) is 0 Å². The minimum absolute atomic E-state index is 0.00504. The van der Waals surface area contributed by atoms with Crippen LogP contribution < -0.4 is 10.2 Å². The summed E-state index contributed by atoms with van der Waals surface area (Å²) in [6.07, 6.45) is 6.73. The molecular weight excluding hydrogens is 293 g/mol. The third-order valence-corrected chi connectivity index (χ3v) is 4.65. The lowest BCUT2D eigenvalue weighted by Crippen LogP contribution is -2.44. The van der Waals surface area contributed by atoms with Crippen molar-refractivity contribution in [2.24, 2.45) is 0 Å². The monoisotopic (exact) mass is 321 g/mol. The number of benzene rings is 1. The fourth-order valence-electron chi connectivity index (χ4n) is 3.15. The summed E-state index contributed by atoms with van der Waals surface area (Å²) in [6.45, 7) is 1.31. The molecule has 0 heterocycles. The third-order valence-electron chi connectivity index (χ3n) is 4.65. The predicted molar refractivity (Wildman–Crippen MR) is 92.3 cm³/mol. The van der Waals surface area contributed by atoms with Gasteiger partial charge in [0.05, 0.1) is 5.69 Å². The van der Waals surface area contributed by atoms with E-state index in [9.17, 15) is 9.18 Å². The van der Waals surface area contributed by atoms with Crippen LogP contribution in [0.3, 0.4) is 0 Å². The Morgan fingerprint density at radius 2 is 1.91 bits per heavy atom. The first-order valence-electron chi connectivity index (χ1n) is 8.56. The number of carbonyl (C=O) groups is 1. The standard InChI is InChI=1S/C18H28FN3O/c1-21(17-12-7-6-11-16(17)19)14-8-13-20-18(23)22(2)15-9-4-3-5-10-15/h6-7,11-12,15H,3-5,8-10,13-14H2,1-2H3,(H,20,23). The Hall–Kier alpha value is -1.78. The summed E-state index contributed by atoms with van der Waals surface area (Å²) in [5, 5.41) is 2.97. The van der Waals surface area contributed by atoms with Crippen LogP contribution in [0.4, 0.5) is 14.9 Å². The van der Waals surface area contributed by atoms with Crippen molar-refractivity contribution in [2.75, 3.05) is 32.1 Å². The zero-order valence-electron chi connectivity index (χ0n) is 14.2. The quantitative estimate of drug-likeness (QED) is 0.812. The molecule has 128 valence electrons. The second-order valence-corrected chi connectivity index (χ2v) is 6.36. The largest absolute Gasteiger partial charge is 0.372 e. The van der Waals surface area contributed by atoms with Gasteiger partial charge in [-0.3, -0.25) is 0 Å². The molecule has 0 aliphatic heterocycles. The van der Waals surface area contributed by atoms with Gasteiger partial charge in [-0.05, 0) is 31.4 Å². The van der Waals surface area contributed by atoms with E-state index in [1.807, 2.05) is 30.0 Å². The summed E-state index contributed by atoms with van der Waals surface area (Å²) >= 11 is 0. The average molecular weight is 321 g/mol. The second-order valence-electron chi connectivity index (χ2n) is 6.36. The van der Waals surface area contributed by atoms with Gasteiger partial charge in [0.15, 0.2) is 0 Å². The lowest BCUT2D eigenvalue weighted by atomic mass is 9.95. The van der Waals surface area contributed by atoms with Crippen molar-refractivity contribution in [1.82, 2.24) is 10.2 Å². The smallest absolute Gasteiger partial charge is 0.317 e. The first-order valence-corrected chi connectivity index (χ1v) is 8.56. The van der Waals surface area contributed by atoms with Gasteiger partial charge in [0.2, 0.25) is 0 Å². The van der Waals surface area contributed by atoms with E-state index in [4.69, 9.17) is 0 Å². The predicted octanol–water partition coefficient (Wildman–Crippen LogP) is 3.63. The van der Waals surface area contributed by atoms with E-state index in [1.165, 1.54) is 25.3 Å². The molecule has 2 amide bonds. The molecule has 0 atom stereocenters. The zero-order valence-corrected chi connectivity index (χ0v) is 14.2. The third kappa shape index (κ3) is 5.12. The Labute approximate surface area is 138 Å². The summed E-state index contributed by atoms with van der Waals surface area (Å²) in [6, 6.07) is 7.14. The van der Waals surface area contributed by atoms with Gasteiger partial charge in [-0.1, -0.05) is 31.4 Å². The average Bonchev–Trinajstić information content (AvgIpc) is 2.58. The number of nitrogens with zero attached hydrogens (tertiary/aromatic N) is 2. The van der Waals surface area contributed by atoms with Crippen molar-refractivity contribution in [2.45, 2.75) is 44.6 Å². The van der Waals surface area contributed by atoms with E-state index >= 15 is 0 Å². The molecule has 0 unspecified atom stereocenters. The molecule has 1 aromatic carbocycles. The molecule has 1 aliphatic carbocycles. The SMILES string of the molecule is CN(CCCNC(=O)N(C)C1CCCCC1)c1ccccc1F. The number of carbonyl (C=O) groups excluding carboxylic acids is 1. The minimum Gasteiger partial charge on any atom is -0.372 e. The van der Waals surface area contributed by atoms with Crippen LogP contribution in [0.25, 0.3) is 0 Å². The second kappa shape index (κ2) is 8.75. The molecule has 23 heavy (non-hydrogen) atoms. The van der Waals surface area contributed by atoms with Crippen molar-refractivity contribution < 1.29 is 9.18 Å². The van der Waals surface area contributed by atoms with E-state index in [1.54, 1.807) is 12.1 Å². The molecule has 1 saturated carbocycles. The van der Waals surface area contributed by atoms with E-state index in [0.717, 1.165) is 19.3 Å². The summed E-state index contributed by atoms with van der Waals surface area (Å²) in [5.41, 5.74) is 0.596. The maximum Gasteiger partial charge on any atom is 0.317 e. The molecule has 5 heteroatoms. The molecule has 0 spiro atoms. The lowest BCUT2D eigenvalue weighted by molar-refractivity contribution is 0.173. The molecule has 0 aromatic heterocycles. The Balaban J connectivity index is 1.68. The van der Waals surface area contributed by atoms with Crippen molar-refractivity contribution in [3.05, 3.63) is 30.1 Å². The van der Waals surface area contributed by atoms with E-state index in [-0.39, 0.29) is 11.8 Å². The van der Waals surface area contributed by atoms with Crippen LogP contribution in [0.1, 0.15) is 38.5 Å². The molecule has 1 fully saturated rings. The highest BCUT2D eigenvalue weighted by Gasteiger charge is 2.21. The maximum absolute atomic E-state index is 13.7. The Morgan fingerprint density at radius 3 is 2.61 bits per heavy atom. The number of urea groups is 1. The number of anilines is 1. The molecule has 0 saturated heterocycles. The Morgan fingerprint density at radius 1 is 1.22 bits per heavy atom. The van der Waals surface area contributed by atoms with E-state index in [0.29, 0.717) is 24.8 Å². The molecule has 1 aromatic rings. The van der Waals surface area contributed by atoms with Crippen LogP contribution in [0.5, 0.6) is 0 Å². The summed E-state index contributed by atoms with van der Waals surface area (Å²) in [4.78, 5) is 15.9. The highest BCUT2D eigenvalue weighted by Crippen LogP contribution is 2.21. The van der Waals surface area contributed by atoms with Gasteiger partial charge in [0.25, 0.3) is 0 Å². The first kappa shape index (κ1) is 17.6. The van der Waals surface area contributed by atoms with Crippen LogP contribution in [0, 0.1) is 5.82 Å². The molecule has 1 aliphatic rings. The van der Waals surface area contributed by atoms with Crippen LogP contribution in [0.2, 0.25) is 0 Å². The van der Waals surface area contributed by atoms with Gasteiger partial charge in [-0.15, -0.1) is 0 Å². The lowest BCUT2D eigenvalue weighted by Gasteiger charge is -2.31. The summed E-state index contributed by atoms with van der Waals surface area (Å²) in [5.74, 6) is -0.212. The number of hydrogen-bond acceptors (Lipinski definition) is 2. The van der Waals surface area contributed by atoms with Crippen LogP contribution in [0.15, 0.2) is 24.3 Å². The fourth-order valence-corrected chi connectivity index (χ4v) is 3.15. The van der Waals surface area contributed by atoms with Gasteiger partial charge in [0, 0.05) is 33.2 Å². The zero-order chi connectivity index (χ0) is 16.7. The molecule has 4 nitrogen and oxygen atoms in total. The highest BCUT2D eigenvalue weighted by atomic mass is 19.1. The summed E-state index contributed by atoms with van der Waals surface area (Å²) < 4.78 is 13.7. The van der Waals surface area contributed by atoms with Crippen molar-refractivity contribution in [3.63, 3.8) is 0 Å². The highest BCUT2D eigenvalue weighted by molar-refractivity contribution is 5.74. The number of hydrogen-bond donors (Lipinski definition) is 1. The van der Waals surface area contributed by atoms with Crippen LogP contribution in [-0.4, -0.2) is 44.2 Å². The van der Waals surface area contributed by atoms with Gasteiger partial charge in [-0.2, -0.15) is 0 Å². The van der Waals surface area contributed by atoms with Crippen LogP contribution in [-0.2, 0) is 0 Å². The van der Waals surface area contributed by atoms with Gasteiger partial charge >= 0.3 is 6.03 Å². The van der Waals surface area contributed by atoms with Gasteiger partial charge < -0.3 is 15.1 Å². The molecular formula is C18H28FN3O. The Kier molecular flexibility index (Phi) is 6.68. The molecule has 0 radical (unpaired) electrons. The number of halogens is 1. The Bertz CT molecular complexity index is 503. The molecule has 1 N–H and O–H groups in total.